The Kier molecular flexibility index (Phi) is 6.10. The maximum atomic E-state index is 13.7. The summed E-state index contributed by atoms with van der Waals surface area (Å²) >= 11 is 3.45. The highest BCUT2D eigenvalue weighted by molar-refractivity contribution is 9.10. The van der Waals surface area contributed by atoms with Crippen LogP contribution in [-0.2, 0) is 27.2 Å². The number of ether oxygens (including phenoxy) is 2. The van der Waals surface area contributed by atoms with Crippen LogP contribution in [0, 0.1) is 5.82 Å². The van der Waals surface area contributed by atoms with Gasteiger partial charge in [-0.05, 0) is 66.6 Å². The number of esters is 1. The maximum Gasteiger partial charge on any atom is 0.315 e. The highest BCUT2D eigenvalue weighted by Gasteiger charge is 2.36. The van der Waals surface area contributed by atoms with E-state index >= 15 is 0 Å². The molecular formula is C28H21BrFN3O4. The number of benzene rings is 3. The molecule has 1 saturated heterocycles. The standard InChI is InChI=1S/C28H21BrFN3O4/c29-20-4-8-22(9-5-20)33-15-23(27(31-33)18-2-6-21(30)7-3-18)28-32(25(34)16-36-28)12-11-17-1-10-24-19(13-17)14-26(35)37-24/h1-10,13,15,28H,11-12,14,16H2. The van der Waals surface area contributed by atoms with Crippen LogP contribution in [0.3, 0.4) is 0 Å². The third-order valence-corrected chi connectivity index (χ3v) is 7.04. The molecule has 37 heavy (non-hydrogen) atoms. The number of rotatable bonds is 6. The third-order valence-electron chi connectivity index (χ3n) is 6.51. The van der Waals surface area contributed by atoms with Gasteiger partial charge in [0.05, 0.1) is 12.1 Å². The smallest absolute Gasteiger partial charge is 0.315 e. The number of amides is 1. The van der Waals surface area contributed by atoms with E-state index in [0.717, 1.165) is 26.9 Å². The van der Waals surface area contributed by atoms with Crippen LogP contribution in [0.25, 0.3) is 16.9 Å². The summed E-state index contributed by atoms with van der Waals surface area (Å²) in [6, 6.07) is 19.5. The van der Waals surface area contributed by atoms with E-state index in [9.17, 15) is 14.0 Å². The first-order chi connectivity index (χ1) is 17.9. The predicted molar refractivity (Wildman–Crippen MR) is 137 cm³/mol. The van der Waals surface area contributed by atoms with Crippen LogP contribution in [0.2, 0.25) is 0 Å². The Morgan fingerprint density at radius 3 is 2.59 bits per heavy atom. The van der Waals surface area contributed by atoms with Gasteiger partial charge < -0.3 is 14.4 Å². The van der Waals surface area contributed by atoms with Crippen LogP contribution in [0.1, 0.15) is 22.9 Å². The summed E-state index contributed by atoms with van der Waals surface area (Å²) in [5, 5.41) is 4.79. The summed E-state index contributed by atoms with van der Waals surface area (Å²) in [4.78, 5) is 26.2. The van der Waals surface area contributed by atoms with Crippen molar-refractivity contribution in [3.05, 3.63) is 99.9 Å². The molecule has 7 nitrogen and oxygen atoms in total. The van der Waals surface area contributed by atoms with E-state index in [1.165, 1.54) is 12.1 Å². The Balaban J connectivity index is 1.32. The van der Waals surface area contributed by atoms with Crippen LogP contribution < -0.4 is 4.74 Å². The monoisotopic (exact) mass is 561 g/mol. The zero-order valence-electron chi connectivity index (χ0n) is 19.6. The number of hydrogen-bond donors (Lipinski definition) is 0. The third kappa shape index (κ3) is 4.68. The topological polar surface area (TPSA) is 73.7 Å². The molecule has 9 heteroatoms. The molecule has 2 aliphatic rings. The maximum absolute atomic E-state index is 13.7. The minimum atomic E-state index is -0.643. The molecule has 0 saturated carbocycles. The lowest BCUT2D eigenvalue weighted by atomic mass is 10.0. The molecule has 0 spiro atoms. The van der Waals surface area contributed by atoms with Crippen LogP contribution in [-0.4, -0.2) is 39.7 Å². The van der Waals surface area contributed by atoms with Crippen molar-refractivity contribution in [3.8, 4) is 22.7 Å². The van der Waals surface area contributed by atoms with Crippen molar-refractivity contribution in [1.82, 2.24) is 14.7 Å². The zero-order valence-corrected chi connectivity index (χ0v) is 21.2. The van der Waals surface area contributed by atoms with Crippen molar-refractivity contribution in [3.63, 3.8) is 0 Å². The number of nitrogens with zero attached hydrogens (tertiary/aromatic N) is 3. The van der Waals surface area contributed by atoms with Gasteiger partial charge >= 0.3 is 5.97 Å². The molecule has 1 fully saturated rings. The number of hydrogen-bond acceptors (Lipinski definition) is 5. The molecule has 4 aromatic rings. The Hall–Kier alpha value is -3.82. The fourth-order valence-corrected chi connectivity index (χ4v) is 4.93. The van der Waals surface area contributed by atoms with Gasteiger partial charge in [-0.25, -0.2) is 9.07 Å². The van der Waals surface area contributed by atoms with Gasteiger partial charge in [-0.3, -0.25) is 9.59 Å². The molecule has 186 valence electrons. The Morgan fingerprint density at radius 2 is 1.81 bits per heavy atom. The van der Waals surface area contributed by atoms with E-state index in [0.29, 0.717) is 30.0 Å². The van der Waals surface area contributed by atoms with E-state index in [2.05, 4.69) is 15.9 Å². The summed E-state index contributed by atoms with van der Waals surface area (Å²) in [6.45, 7) is 0.382. The molecule has 0 aliphatic carbocycles. The van der Waals surface area contributed by atoms with E-state index in [-0.39, 0.29) is 30.7 Å². The SMILES string of the molecule is O=C1Cc2cc(CCN3C(=O)COC3c3cn(-c4ccc(Br)cc4)nc3-c3ccc(F)cc3)ccc2O1. The van der Waals surface area contributed by atoms with Crippen molar-refractivity contribution in [2.75, 3.05) is 13.2 Å². The molecule has 2 aliphatic heterocycles. The van der Waals surface area contributed by atoms with Crippen molar-refractivity contribution in [2.45, 2.75) is 19.1 Å². The molecule has 3 aromatic carbocycles. The number of carbonyl (C=O) groups is 2. The first-order valence-electron chi connectivity index (χ1n) is 11.8. The molecule has 1 aromatic heterocycles. The highest BCUT2D eigenvalue weighted by Crippen LogP contribution is 2.36. The number of halogens is 2. The zero-order chi connectivity index (χ0) is 25.5. The van der Waals surface area contributed by atoms with Crippen molar-refractivity contribution >= 4 is 27.8 Å². The van der Waals surface area contributed by atoms with Gasteiger partial charge in [0, 0.05) is 33.9 Å². The summed E-state index contributed by atoms with van der Waals surface area (Å²) in [5.74, 6) is -0.123. The summed E-state index contributed by atoms with van der Waals surface area (Å²) in [6.07, 6.45) is 2.06. The van der Waals surface area contributed by atoms with Gasteiger partial charge in [0.1, 0.15) is 23.9 Å². The molecule has 6 rings (SSSR count). The van der Waals surface area contributed by atoms with Crippen molar-refractivity contribution in [1.29, 1.82) is 0 Å². The van der Waals surface area contributed by atoms with Crippen LogP contribution in [0.4, 0.5) is 4.39 Å². The first-order valence-corrected chi connectivity index (χ1v) is 12.6. The second-order valence-electron chi connectivity index (χ2n) is 8.95. The van der Waals surface area contributed by atoms with Gasteiger partial charge in [0.25, 0.3) is 5.91 Å². The average molecular weight is 562 g/mol. The number of aromatic nitrogens is 2. The molecule has 1 atom stereocenters. The largest absolute Gasteiger partial charge is 0.426 e. The van der Waals surface area contributed by atoms with E-state index < -0.39 is 6.23 Å². The molecule has 1 unspecified atom stereocenters. The Labute approximate surface area is 220 Å². The van der Waals surface area contributed by atoms with Crippen LogP contribution in [0.5, 0.6) is 5.75 Å². The highest BCUT2D eigenvalue weighted by atomic mass is 79.9. The van der Waals surface area contributed by atoms with Gasteiger partial charge in [-0.1, -0.05) is 28.1 Å². The molecule has 0 bridgehead atoms. The van der Waals surface area contributed by atoms with Crippen LogP contribution >= 0.6 is 15.9 Å². The van der Waals surface area contributed by atoms with Crippen LogP contribution in [0.15, 0.2) is 77.4 Å². The van der Waals surface area contributed by atoms with E-state index in [4.69, 9.17) is 14.6 Å². The van der Waals surface area contributed by atoms with Gasteiger partial charge in [-0.2, -0.15) is 5.10 Å². The number of carbonyl (C=O) groups excluding carboxylic acids is 2. The van der Waals surface area contributed by atoms with Gasteiger partial charge in [-0.15, -0.1) is 0 Å². The normalized spacial score (nSPS) is 16.8. The minimum Gasteiger partial charge on any atom is -0.426 e. The second kappa shape index (κ2) is 9.57. The van der Waals surface area contributed by atoms with E-state index in [1.54, 1.807) is 27.8 Å². The quantitative estimate of drug-likeness (QED) is 0.244. The van der Waals surface area contributed by atoms with Gasteiger partial charge in [0.15, 0.2) is 6.23 Å². The van der Waals surface area contributed by atoms with Crippen molar-refractivity contribution < 1.29 is 23.5 Å². The first kappa shape index (κ1) is 23.6. The minimum absolute atomic E-state index is 0.0382. The predicted octanol–water partition coefficient (Wildman–Crippen LogP) is 5.00. The molecule has 1 amide bonds. The number of fused-ring (bicyclic) bond motifs is 1. The Morgan fingerprint density at radius 1 is 1.03 bits per heavy atom. The lowest BCUT2D eigenvalue weighted by Crippen LogP contribution is -2.30. The van der Waals surface area contributed by atoms with Crippen molar-refractivity contribution in [2.24, 2.45) is 0 Å². The molecule has 3 heterocycles. The van der Waals surface area contributed by atoms with E-state index in [1.807, 2.05) is 42.6 Å². The Bertz CT molecular complexity index is 1500. The molecular weight excluding hydrogens is 541 g/mol. The summed E-state index contributed by atoms with van der Waals surface area (Å²) < 4.78 is 27.5. The fourth-order valence-electron chi connectivity index (χ4n) is 4.67. The lowest BCUT2D eigenvalue weighted by Gasteiger charge is -2.23. The molecule has 0 N–H and O–H groups in total. The van der Waals surface area contributed by atoms with Gasteiger partial charge in [0.2, 0.25) is 0 Å². The lowest BCUT2D eigenvalue weighted by molar-refractivity contribution is -0.132. The summed E-state index contributed by atoms with van der Waals surface area (Å²) in [7, 11) is 0. The molecule has 0 radical (unpaired) electrons. The fraction of sp³-hybridized carbons (Fsp3) is 0.179. The summed E-state index contributed by atoms with van der Waals surface area (Å²) in [5.41, 5.74) is 4.74. The average Bonchev–Trinajstić information content (AvgIpc) is 3.59. The second-order valence-corrected chi connectivity index (χ2v) is 9.87.